The summed E-state index contributed by atoms with van der Waals surface area (Å²) in [5.74, 6) is -0.158. The lowest BCUT2D eigenvalue weighted by molar-refractivity contribution is 0.0364. The minimum absolute atomic E-state index is 0.0826. The van der Waals surface area contributed by atoms with Crippen molar-refractivity contribution < 1.29 is 23.9 Å². The van der Waals surface area contributed by atoms with Crippen LogP contribution in [0, 0.1) is 0 Å². The van der Waals surface area contributed by atoms with Gasteiger partial charge in [-0.3, -0.25) is 20.0 Å². The predicted octanol–water partition coefficient (Wildman–Crippen LogP) is 4.95. The van der Waals surface area contributed by atoms with Gasteiger partial charge in [0.05, 0.1) is 18.9 Å². The van der Waals surface area contributed by atoms with Crippen LogP contribution in [0.25, 0.3) is 0 Å². The number of urea groups is 1. The third-order valence-electron chi connectivity index (χ3n) is 6.49. The fourth-order valence-corrected chi connectivity index (χ4v) is 4.91. The van der Waals surface area contributed by atoms with Crippen molar-refractivity contribution in [2.75, 3.05) is 44.7 Å². The molecule has 2 aromatic rings. The topological polar surface area (TPSA) is 113 Å². The van der Waals surface area contributed by atoms with Crippen molar-refractivity contribution >= 4 is 34.9 Å². The predicted molar refractivity (Wildman–Crippen MR) is 157 cm³/mol. The summed E-state index contributed by atoms with van der Waals surface area (Å²) >= 11 is 1.40. The zero-order chi connectivity index (χ0) is 29.1. The van der Waals surface area contributed by atoms with Crippen LogP contribution in [0.3, 0.4) is 0 Å². The molecule has 10 nitrogen and oxygen atoms in total. The molecule has 1 saturated heterocycles. The van der Waals surface area contributed by atoms with Crippen molar-refractivity contribution in [3.8, 4) is 0 Å². The highest BCUT2D eigenvalue weighted by molar-refractivity contribution is 7.08. The monoisotopic (exact) mass is 573 g/mol. The zero-order valence-corrected chi connectivity index (χ0v) is 25.1. The molecule has 1 aliphatic heterocycles. The second-order valence-corrected chi connectivity index (χ2v) is 11.8. The van der Waals surface area contributed by atoms with Crippen LogP contribution < -0.4 is 10.6 Å². The Hall–Kier alpha value is -3.02. The first-order valence-electron chi connectivity index (χ1n) is 13.9. The summed E-state index contributed by atoms with van der Waals surface area (Å²) in [5, 5.41) is 9.40. The SMILES string of the molecule is CCC(C)NC(=O)N(CCCN1CCOCC1)Cc1ccc(C(=O)Cc2cscc2NC(=O)OC(C)(C)C)nc1. The van der Waals surface area contributed by atoms with Crippen molar-refractivity contribution in [2.24, 2.45) is 0 Å². The highest BCUT2D eigenvalue weighted by Gasteiger charge is 2.20. The molecular formula is C29H43N5O5S. The summed E-state index contributed by atoms with van der Waals surface area (Å²) < 4.78 is 10.7. The largest absolute Gasteiger partial charge is 0.444 e. The molecule has 0 aliphatic carbocycles. The molecule has 40 heavy (non-hydrogen) atoms. The Morgan fingerprint density at radius 3 is 2.60 bits per heavy atom. The van der Waals surface area contributed by atoms with Crippen molar-refractivity contribution in [3.05, 3.63) is 45.9 Å². The molecule has 1 atom stereocenters. The molecule has 0 bridgehead atoms. The number of Topliss-reactive ketones (excluding diaryl/α,β-unsaturated/α-hetero) is 1. The van der Waals surface area contributed by atoms with Crippen LogP contribution in [-0.4, -0.2) is 83.7 Å². The lowest BCUT2D eigenvalue weighted by atomic mass is 10.1. The number of anilines is 1. The van der Waals surface area contributed by atoms with Crippen LogP contribution in [0.5, 0.6) is 0 Å². The van der Waals surface area contributed by atoms with Crippen molar-refractivity contribution in [3.63, 3.8) is 0 Å². The van der Waals surface area contributed by atoms with Gasteiger partial charge in [0, 0.05) is 56.8 Å². The van der Waals surface area contributed by atoms with Gasteiger partial charge in [-0.05, 0) is 63.1 Å². The molecular weight excluding hydrogens is 530 g/mol. The molecule has 1 unspecified atom stereocenters. The van der Waals surface area contributed by atoms with Crippen molar-refractivity contribution in [1.29, 1.82) is 0 Å². The van der Waals surface area contributed by atoms with E-state index in [-0.39, 0.29) is 24.3 Å². The number of amides is 3. The number of carbonyl (C=O) groups is 3. The minimum Gasteiger partial charge on any atom is -0.444 e. The van der Waals surface area contributed by atoms with Gasteiger partial charge in [0.1, 0.15) is 11.3 Å². The molecule has 2 aromatic heterocycles. The molecule has 2 N–H and O–H groups in total. The summed E-state index contributed by atoms with van der Waals surface area (Å²) in [6.45, 7) is 14.7. The van der Waals surface area contributed by atoms with Crippen molar-refractivity contribution in [1.82, 2.24) is 20.1 Å². The highest BCUT2D eigenvalue weighted by atomic mass is 32.1. The van der Waals surface area contributed by atoms with Gasteiger partial charge in [-0.1, -0.05) is 13.0 Å². The Morgan fingerprint density at radius 1 is 1.20 bits per heavy atom. The van der Waals surface area contributed by atoms with E-state index in [2.05, 4.69) is 20.5 Å². The Kier molecular flexibility index (Phi) is 11.9. The van der Waals surface area contributed by atoms with Crippen LogP contribution in [0.2, 0.25) is 0 Å². The van der Waals surface area contributed by atoms with Gasteiger partial charge in [0.15, 0.2) is 5.78 Å². The first-order valence-corrected chi connectivity index (χ1v) is 14.9. The maximum absolute atomic E-state index is 13.0. The Labute approximate surface area is 241 Å². The number of morpholine rings is 1. The average Bonchev–Trinajstić information content (AvgIpc) is 3.33. The number of ether oxygens (including phenoxy) is 2. The highest BCUT2D eigenvalue weighted by Crippen LogP contribution is 2.23. The molecule has 3 heterocycles. The van der Waals surface area contributed by atoms with Gasteiger partial charge in [-0.15, -0.1) is 11.3 Å². The number of hydrogen-bond donors (Lipinski definition) is 2. The van der Waals surface area contributed by atoms with Gasteiger partial charge in [-0.2, -0.15) is 0 Å². The molecule has 1 fully saturated rings. The van der Waals surface area contributed by atoms with Crippen molar-refractivity contribution in [2.45, 2.75) is 72.1 Å². The van der Waals surface area contributed by atoms with Crippen LogP contribution in [-0.2, 0) is 22.4 Å². The lowest BCUT2D eigenvalue weighted by Crippen LogP contribution is -2.44. The summed E-state index contributed by atoms with van der Waals surface area (Å²) in [6.07, 6.45) is 2.91. The number of aromatic nitrogens is 1. The van der Waals surface area contributed by atoms with Gasteiger partial charge >= 0.3 is 12.1 Å². The molecule has 11 heteroatoms. The molecule has 3 amide bonds. The van der Waals surface area contributed by atoms with Gasteiger partial charge < -0.3 is 19.7 Å². The average molecular weight is 574 g/mol. The van der Waals surface area contributed by atoms with Crippen LogP contribution >= 0.6 is 11.3 Å². The smallest absolute Gasteiger partial charge is 0.412 e. The quantitative estimate of drug-likeness (QED) is 0.346. The van der Waals surface area contributed by atoms with Gasteiger partial charge in [0.2, 0.25) is 0 Å². The maximum atomic E-state index is 13.0. The molecule has 3 rings (SSSR count). The van der Waals surface area contributed by atoms with E-state index in [1.165, 1.54) is 11.3 Å². The molecule has 1 aliphatic rings. The second-order valence-electron chi connectivity index (χ2n) is 11.1. The second kappa shape index (κ2) is 15.1. The summed E-state index contributed by atoms with van der Waals surface area (Å²) in [6, 6.07) is 3.53. The number of rotatable bonds is 12. The van der Waals surface area contributed by atoms with Gasteiger partial charge in [-0.25, -0.2) is 9.59 Å². The first kappa shape index (κ1) is 31.5. The fraction of sp³-hybridized carbons (Fsp3) is 0.586. The number of hydrogen-bond acceptors (Lipinski definition) is 8. The third-order valence-corrected chi connectivity index (χ3v) is 7.28. The van der Waals surface area contributed by atoms with E-state index in [0.717, 1.165) is 51.3 Å². The van der Waals surface area contributed by atoms with Crippen LogP contribution in [0.15, 0.2) is 29.1 Å². The van der Waals surface area contributed by atoms with E-state index in [1.54, 1.807) is 38.4 Å². The van der Waals surface area contributed by atoms with E-state index in [4.69, 9.17) is 9.47 Å². The summed E-state index contributed by atoms with van der Waals surface area (Å²) in [7, 11) is 0. The molecule has 0 spiro atoms. The number of pyridine rings is 1. The number of thiophene rings is 1. The summed E-state index contributed by atoms with van der Waals surface area (Å²) in [4.78, 5) is 46.7. The Bertz CT molecular complexity index is 1110. The first-order chi connectivity index (χ1) is 19.0. The maximum Gasteiger partial charge on any atom is 0.412 e. The number of carbonyl (C=O) groups excluding carboxylic acids is 3. The Balaban J connectivity index is 1.59. The fourth-order valence-electron chi connectivity index (χ4n) is 4.12. The molecule has 220 valence electrons. The number of nitrogens with zero attached hydrogens (tertiary/aromatic N) is 3. The Morgan fingerprint density at radius 2 is 1.95 bits per heavy atom. The normalized spacial score (nSPS) is 14.8. The van der Waals surface area contributed by atoms with E-state index >= 15 is 0 Å². The minimum atomic E-state index is -0.616. The third kappa shape index (κ3) is 10.5. The van der Waals surface area contributed by atoms with Gasteiger partial charge in [0.25, 0.3) is 0 Å². The lowest BCUT2D eigenvalue weighted by Gasteiger charge is -2.29. The standard InChI is InChI=1S/C29H43N5O5S/c1-6-21(2)31-27(36)34(11-7-10-33-12-14-38-15-13-33)18-22-8-9-24(30-17-22)26(35)16-23-19-40-20-25(23)32-28(37)39-29(3,4)5/h8-9,17,19-21H,6-7,10-16,18H2,1-5H3,(H,31,36)(H,32,37). The van der Waals surface area contributed by atoms with E-state index < -0.39 is 11.7 Å². The van der Waals surface area contributed by atoms with Crippen LogP contribution in [0.1, 0.15) is 69.1 Å². The number of ketones is 1. The van der Waals surface area contributed by atoms with Crippen LogP contribution in [0.4, 0.5) is 15.3 Å². The molecule has 0 aromatic carbocycles. The van der Waals surface area contributed by atoms with E-state index in [9.17, 15) is 14.4 Å². The summed E-state index contributed by atoms with van der Waals surface area (Å²) in [5.41, 5.74) is 1.84. The number of nitrogens with one attached hydrogen (secondary N) is 2. The van der Waals surface area contributed by atoms with E-state index in [0.29, 0.717) is 30.0 Å². The van der Waals surface area contributed by atoms with E-state index in [1.807, 2.05) is 30.2 Å². The zero-order valence-electron chi connectivity index (χ0n) is 24.3. The molecule has 0 saturated carbocycles. The molecule has 0 radical (unpaired) electrons.